The SMILES string of the molecule is O=C(c1nc(-c2cn(C3CCCC3)cn2)n2ccccc12)N1CCN(c2ccccc2)CC1. The van der Waals surface area contributed by atoms with Gasteiger partial charge in [0.1, 0.15) is 5.69 Å². The average molecular weight is 441 g/mol. The molecule has 0 spiro atoms. The quantitative estimate of drug-likeness (QED) is 0.475. The molecular weight excluding hydrogens is 412 g/mol. The number of fused-ring (bicyclic) bond motifs is 1. The summed E-state index contributed by atoms with van der Waals surface area (Å²) in [6.07, 6.45) is 10.9. The Labute approximate surface area is 193 Å². The number of piperazine rings is 1. The van der Waals surface area contributed by atoms with Gasteiger partial charge in [-0.05, 0) is 37.1 Å². The minimum atomic E-state index is -0.00659. The molecule has 1 saturated heterocycles. The molecule has 0 bridgehead atoms. The Balaban J connectivity index is 1.26. The van der Waals surface area contributed by atoms with Crippen LogP contribution in [-0.4, -0.2) is 55.9 Å². The number of imidazole rings is 2. The molecule has 4 heterocycles. The van der Waals surface area contributed by atoms with Crippen LogP contribution in [0, 0.1) is 0 Å². The summed E-state index contributed by atoms with van der Waals surface area (Å²) < 4.78 is 4.21. The number of carbonyl (C=O) groups excluding carboxylic acids is 1. The van der Waals surface area contributed by atoms with Crippen molar-refractivity contribution in [2.24, 2.45) is 0 Å². The van der Waals surface area contributed by atoms with Crippen molar-refractivity contribution in [2.45, 2.75) is 31.7 Å². The summed E-state index contributed by atoms with van der Waals surface area (Å²) in [5.74, 6) is 0.724. The third kappa shape index (κ3) is 3.67. The molecule has 33 heavy (non-hydrogen) atoms. The zero-order valence-electron chi connectivity index (χ0n) is 18.7. The van der Waals surface area contributed by atoms with Crippen molar-refractivity contribution in [3.63, 3.8) is 0 Å². The number of hydrogen-bond donors (Lipinski definition) is 0. The second kappa shape index (κ2) is 8.39. The van der Waals surface area contributed by atoms with E-state index < -0.39 is 0 Å². The number of rotatable bonds is 4. The molecule has 0 unspecified atom stereocenters. The van der Waals surface area contributed by atoms with E-state index in [2.05, 4.69) is 44.9 Å². The van der Waals surface area contributed by atoms with Crippen LogP contribution < -0.4 is 4.90 Å². The minimum absolute atomic E-state index is 0.00659. The van der Waals surface area contributed by atoms with Gasteiger partial charge in [0.15, 0.2) is 11.5 Å². The summed E-state index contributed by atoms with van der Waals surface area (Å²) in [7, 11) is 0. The lowest BCUT2D eigenvalue weighted by Gasteiger charge is -2.35. The Morgan fingerprint density at radius 3 is 2.45 bits per heavy atom. The second-order valence-electron chi connectivity index (χ2n) is 9.00. The molecular formula is C26H28N6O. The number of benzene rings is 1. The third-order valence-corrected chi connectivity index (χ3v) is 7.02. The first-order valence-corrected chi connectivity index (χ1v) is 11.9. The normalized spacial score (nSPS) is 17.2. The fourth-order valence-electron chi connectivity index (χ4n) is 5.19. The zero-order valence-corrected chi connectivity index (χ0v) is 18.7. The largest absolute Gasteiger partial charge is 0.368 e. The number of carbonyl (C=O) groups is 1. The summed E-state index contributed by atoms with van der Waals surface area (Å²) >= 11 is 0. The number of hydrogen-bond acceptors (Lipinski definition) is 4. The summed E-state index contributed by atoms with van der Waals surface area (Å²) in [5, 5.41) is 0. The molecule has 0 atom stereocenters. The number of anilines is 1. The molecule has 2 aliphatic rings. The Bertz CT molecular complexity index is 1260. The molecule has 1 amide bonds. The van der Waals surface area contributed by atoms with E-state index in [1.807, 2.05) is 46.1 Å². The van der Waals surface area contributed by atoms with E-state index in [9.17, 15) is 4.79 Å². The lowest BCUT2D eigenvalue weighted by molar-refractivity contribution is 0.0743. The molecule has 0 N–H and O–H groups in total. The summed E-state index contributed by atoms with van der Waals surface area (Å²) in [6, 6.07) is 16.8. The highest BCUT2D eigenvalue weighted by Crippen LogP contribution is 2.31. The van der Waals surface area contributed by atoms with E-state index in [0.717, 1.165) is 30.1 Å². The Morgan fingerprint density at radius 1 is 0.909 bits per heavy atom. The van der Waals surface area contributed by atoms with Gasteiger partial charge >= 0.3 is 0 Å². The molecule has 1 aromatic carbocycles. The predicted molar refractivity (Wildman–Crippen MR) is 128 cm³/mol. The van der Waals surface area contributed by atoms with Gasteiger partial charge in [-0.2, -0.15) is 0 Å². The predicted octanol–water partition coefficient (Wildman–Crippen LogP) is 4.28. The number of para-hydroxylation sites is 1. The summed E-state index contributed by atoms with van der Waals surface area (Å²) in [4.78, 5) is 27.3. The van der Waals surface area contributed by atoms with Crippen LogP contribution in [0.25, 0.3) is 17.0 Å². The summed E-state index contributed by atoms with van der Waals surface area (Å²) in [5.41, 5.74) is 3.36. The first-order valence-electron chi connectivity index (χ1n) is 11.9. The van der Waals surface area contributed by atoms with Crippen molar-refractivity contribution in [1.29, 1.82) is 0 Å². The van der Waals surface area contributed by atoms with E-state index >= 15 is 0 Å². The fourth-order valence-corrected chi connectivity index (χ4v) is 5.19. The maximum Gasteiger partial charge on any atom is 0.274 e. The molecule has 1 aliphatic heterocycles. The topological polar surface area (TPSA) is 58.7 Å². The molecule has 3 aromatic heterocycles. The van der Waals surface area contributed by atoms with Crippen LogP contribution in [-0.2, 0) is 0 Å². The van der Waals surface area contributed by atoms with Gasteiger partial charge in [-0.3, -0.25) is 9.20 Å². The Kier molecular flexibility index (Phi) is 5.09. The van der Waals surface area contributed by atoms with Gasteiger partial charge < -0.3 is 14.4 Å². The smallest absolute Gasteiger partial charge is 0.274 e. The maximum atomic E-state index is 13.5. The molecule has 6 rings (SSSR count). The van der Waals surface area contributed by atoms with E-state index in [0.29, 0.717) is 24.8 Å². The molecule has 168 valence electrons. The van der Waals surface area contributed by atoms with Gasteiger partial charge in [0.05, 0.1) is 11.8 Å². The Hall–Kier alpha value is -3.61. The van der Waals surface area contributed by atoms with E-state index in [1.165, 1.54) is 31.4 Å². The first-order chi connectivity index (χ1) is 16.3. The zero-order chi connectivity index (χ0) is 22.2. The Morgan fingerprint density at radius 2 is 1.67 bits per heavy atom. The number of aromatic nitrogens is 4. The van der Waals surface area contributed by atoms with E-state index in [4.69, 9.17) is 4.98 Å². The number of amides is 1. The second-order valence-corrected chi connectivity index (χ2v) is 9.00. The van der Waals surface area contributed by atoms with Crippen molar-refractivity contribution < 1.29 is 4.79 Å². The number of pyridine rings is 1. The van der Waals surface area contributed by atoms with Gasteiger partial charge in [0.2, 0.25) is 0 Å². The molecule has 1 aliphatic carbocycles. The third-order valence-electron chi connectivity index (χ3n) is 7.02. The minimum Gasteiger partial charge on any atom is -0.368 e. The molecule has 2 fully saturated rings. The molecule has 0 radical (unpaired) electrons. The van der Waals surface area contributed by atoms with E-state index in [1.54, 1.807) is 0 Å². The van der Waals surface area contributed by atoms with Gasteiger partial charge in [-0.25, -0.2) is 9.97 Å². The van der Waals surface area contributed by atoms with Gasteiger partial charge in [0, 0.05) is 50.3 Å². The van der Waals surface area contributed by atoms with Crippen LogP contribution in [0.5, 0.6) is 0 Å². The molecule has 1 saturated carbocycles. The molecule has 4 aromatic rings. The molecule has 7 heteroatoms. The van der Waals surface area contributed by atoms with E-state index in [-0.39, 0.29) is 5.91 Å². The highest BCUT2D eigenvalue weighted by Gasteiger charge is 2.27. The molecule has 7 nitrogen and oxygen atoms in total. The maximum absolute atomic E-state index is 13.5. The van der Waals surface area contributed by atoms with Crippen LogP contribution in [0.2, 0.25) is 0 Å². The monoisotopic (exact) mass is 440 g/mol. The van der Waals surface area contributed by atoms with Crippen LogP contribution in [0.4, 0.5) is 5.69 Å². The standard InChI is InChI=1S/C26H28N6O/c33-26(30-16-14-29(15-17-30)20-8-2-1-3-9-20)24-23-12-6-7-13-32(23)25(28-24)22-18-31(19-27-22)21-10-4-5-11-21/h1-3,6-9,12-13,18-19,21H,4-5,10-11,14-17H2. The van der Waals surface area contributed by atoms with Crippen molar-refractivity contribution in [3.8, 4) is 11.5 Å². The van der Waals surface area contributed by atoms with Gasteiger partial charge in [-0.15, -0.1) is 0 Å². The highest BCUT2D eigenvalue weighted by molar-refractivity contribution is 6.00. The van der Waals surface area contributed by atoms with Crippen LogP contribution in [0.1, 0.15) is 42.2 Å². The van der Waals surface area contributed by atoms with Crippen molar-refractivity contribution in [3.05, 3.63) is 72.9 Å². The van der Waals surface area contributed by atoms with Crippen molar-refractivity contribution >= 4 is 17.1 Å². The van der Waals surface area contributed by atoms with Crippen molar-refractivity contribution in [2.75, 3.05) is 31.1 Å². The van der Waals surface area contributed by atoms with Crippen LogP contribution >= 0.6 is 0 Å². The first kappa shape index (κ1) is 20.0. The fraction of sp³-hybridized carbons (Fsp3) is 0.346. The average Bonchev–Trinajstić information content (AvgIpc) is 3.64. The van der Waals surface area contributed by atoms with Crippen molar-refractivity contribution in [1.82, 2.24) is 23.8 Å². The summed E-state index contributed by atoms with van der Waals surface area (Å²) in [6.45, 7) is 3.01. The lowest BCUT2D eigenvalue weighted by atomic mass is 10.2. The van der Waals surface area contributed by atoms with Gasteiger partial charge in [0.25, 0.3) is 5.91 Å². The number of nitrogens with zero attached hydrogens (tertiary/aromatic N) is 6. The highest BCUT2D eigenvalue weighted by atomic mass is 16.2. The van der Waals surface area contributed by atoms with Crippen LogP contribution in [0.3, 0.4) is 0 Å². The van der Waals surface area contributed by atoms with Crippen LogP contribution in [0.15, 0.2) is 67.3 Å². The van der Waals surface area contributed by atoms with Gasteiger partial charge in [-0.1, -0.05) is 37.1 Å². The lowest BCUT2D eigenvalue weighted by Crippen LogP contribution is -2.48.